The molecule has 0 bridgehead atoms. The molecule has 1 saturated heterocycles. The van der Waals surface area contributed by atoms with Crippen LogP contribution in [0.15, 0.2) is 36.4 Å². The van der Waals surface area contributed by atoms with E-state index in [1.807, 2.05) is 30.3 Å². The molecule has 1 aliphatic rings. The predicted octanol–water partition coefficient (Wildman–Crippen LogP) is 2.38. The largest absolute Gasteiger partial charge is 0.496 e. The normalized spacial score (nSPS) is 25.4. The van der Waals surface area contributed by atoms with Crippen LogP contribution in [0.3, 0.4) is 0 Å². The van der Waals surface area contributed by atoms with Crippen LogP contribution in [0.2, 0.25) is 0 Å². The van der Waals surface area contributed by atoms with Crippen molar-refractivity contribution >= 4 is 34.2 Å². The highest BCUT2D eigenvalue weighted by molar-refractivity contribution is 7.66. The molecule has 0 amide bonds. The van der Waals surface area contributed by atoms with Crippen molar-refractivity contribution in [3.8, 4) is 5.75 Å². The first-order valence-corrected chi connectivity index (χ1v) is 13.5. The van der Waals surface area contributed by atoms with Crippen molar-refractivity contribution in [3.63, 3.8) is 0 Å². The molecule has 0 spiro atoms. The van der Waals surface area contributed by atoms with Crippen LogP contribution in [0.1, 0.15) is 18.1 Å². The SMILES string of the molecule is COc1cc2ccccc2cc1[C@H]1C[C@@H](O)[C@@H](COP(=O)(O)OP(=O)(O)OP(=O)(O)O)O1. The van der Waals surface area contributed by atoms with Crippen molar-refractivity contribution in [2.24, 2.45) is 0 Å². The van der Waals surface area contributed by atoms with E-state index in [0.717, 1.165) is 10.8 Å². The zero-order valence-corrected chi connectivity index (χ0v) is 19.1. The minimum Gasteiger partial charge on any atom is -0.496 e. The van der Waals surface area contributed by atoms with Crippen molar-refractivity contribution in [1.29, 1.82) is 0 Å². The quantitative estimate of drug-likeness (QED) is 0.306. The second-order valence-electron chi connectivity index (χ2n) is 6.79. The summed E-state index contributed by atoms with van der Waals surface area (Å²) in [6, 6.07) is 11.1. The molecule has 16 heteroatoms. The number of rotatable bonds is 9. The fraction of sp³-hybridized carbons (Fsp3) is 0.375. The Bertz CT molecular complexity index is 1120. The molecule has 1 aliphatic heterocycles. The Morgan fingerprint density at radius 3 is 2.22 bits per heavy atom. The van der Waals surface area contributed by atoms with E-state index in [9.17, 15) is 28.6 Å². The van der Waals surface area contributed by atoms with Crippen molar-refractivity contribution in [2.45, 2.75) is 24.7 Å². The molecule has 1 fully saturated rings. The summed E-state index contributed by atoms with van der Waals surface area (Å²) in [6.45, 7) is -0.739. The highest BCUT2D eigenvalue weighted by Gasteiger charge is 2.43. The molecule has 3 rings (SSSR count). The molecule has 0 aliphatic carbocycles. The Balaban J connectivity index is 1.68. The van der Waals surface area contributed by atoms with E-state index in [1.54, 1.807) is 6.07 Å². The number of benzene rings is 2. The summed E-state index contributed by atoms with van der Waals surface area (Å²) in [6.07, 6.45) is -2.82. The Morgan fingerprint density at radius 2 is 1.62 bits per heavy atom. The van der Waals surface area contributed by atoms with Crippen LogP contribution >= 0.6 is 23.5 Å². The van der Waals surface area contributed by atoms with Gasteiger partial charge in [0.25, 0.3) is 0 Å². The smallest absolute Gasteiger partial charge is 0.490 e. The Morgan fingerprint density at radius 1 is 1.00 bits per heavy atom. The monoisotopic (exact) mass is 514 g/mol. The molecule has 13 nitrogen and oxygen atoms in total. The van der Waals surface area contributed by atoms with Crippen molar-refractivity contribution in [2.75, 3.05) is 13.7 Å². The summed E-state index contributed by atoms with van der Waals surface area (Å²) in [5.74, 6) is 0.509. The molecule has 0 aromatic heterocycles. The minimum atomic E-state index is -5.63. The maximum absolute atomic E-state index is 11.9. The van der Waals surface area contributed by atoms with Crippen LogP contribution in [0.25, 0.3) is 10.8 Å². The predicted molar refractivity (Wildman–Crippen MR) is 109 cm³/mol. The molecule has 2 aromatic rings. The molecule has 178 valence electrons. The van der Waals surface area contributed by atoms with Gasteiger partial charge in [0.2, 0.25) is 0 Å². The molecule has 5 N–H and O–H groups in total. The minimum absolute atomic E-state index is 0.0964. The number of phosphoric acid groups is 3. The van der Waals surface area contributed by atoms with Gasteiger partial charge in [0.15, 0.2) is 0 Å². The van der Waals surface area contributed by atoms with Gasteiger partial charge < -0.3 is 34.2 Å². The number of hydrogen-bond acceptors (Lipinski definition) is 9. The molecular formula is C16H21O13P3. The number of methoxy groups -OCH3 is 1. The number of aliphatic hydroxyl groups excluding tert-OH is 1. The van der Waals surface area contributed by atoms with Gasteiger partial charge in [-0.15, -0.1) is 0 Å². The van der Waals surface area contributed by atoms with Crippen LogP contribution < -0.4 is 4.74 Å². The molecule has 32 heavy (non-hydrogen) atoms. The summed E-state index contributed by atoms with van der Waals surface area (Å²) in [5, 5.41) is 12.1. The zero-order chi connectivity index (χ0) is 23.7. The summed E-state index contributed by atoms with van der Waals surface area (Å²) in [7, 11) is -15.0. The molecule has 0 saturated carbocycles. The van der Waals surface area contributed by atoms with E-state index in [1.165, 1.54) is 7.11 Å². The van der Waals surface area contributed by atoms with E-state index in [-0.39, 0.29) is 6.42 Å². The lowest BCUT2D eigenvalue weighted by Crippen LogP contribution is -2.26. The molecule has 0 radical (unpaired) electrons. The first-order valence-electron chi connectivity index (χ1n) is 8.97. The fourth-order valence-electron chi connectivity index (χ4n) is 3.22. The van der Waals surface area contributed by atoms with Crippen molar-refractivity contribution in [1.82, 2.24) is 0 Å². The molecular weight excluding hydrogens is 493 g/mol. The summed E-state index contributed by atoms with van der Waals surface area (Å²) in [4.78, 5) is 35.8. The number of fused-ring (bicyclic) bond motifs is 1. The molecule has 5 atom stereocenters. The standard InChI is InChI=1S/C16H21O13P3/c1-25-14-7-11-5-3-2-4-10(11)6-12(14)15-8-13(17)16(27-15)9-26-31(21,22)29-32(23,24)28-30(18,19)20/h2-7,13,15-17H,8-9H2,1H3,(H,21,22)(H,23,24)(H2,18,19,20)/t13-,15-,16-/m1/s1. The zero-order valence-electron chi connectivity index (χ0n) is 16.5. The number of phosphoric ester groups is 1. The lowest BCUT2D eigenvalue weighted by Gasteiger charge is -2.20. The van der Waals surface area contributed by atoms with Crippen molar-refractivity contribution in [3.05, 3.63) is 42.0 Å². The Kier molecular flexibility index (Phi) is 7.63. The van der Waals surface area contributed by atoms with Gasteiger partial charge >= 0.3 is 23.5 Å². The molecule has 2 aromatic carbocycles. The van der Waals surface area contributed by atoms with Crippen LogP contribution in [0, 0.1) is 0 Å². The van der Waals surface area contributed by atoms with Crippen LogP contribution in [0.4, 0.5) is 0 Å². The van der Waals surface area contributed by atoms with E-state index < -0.39 is 48.4 Å². The second-order valence-corrected chi connectivity index (χ2v) is 11.2. The summed E-state index contributed by atoms with van der Waals surface area (Å²) < 4.78 is 56.9. The average molecular weight is 514 g/mol. The Labute approximate surface area is 181 Å². The number of hydrogen-bond donors (Lipinski definition) is 5. The lowest BCUT2D eigenvalue weighted by atomic mass is 9.99. The van der Waals surface area contributed by atoms with Gasteiger partial charge in [-0.25, -0.2) is 13.7 Å². The maximum Gasteiger partial charge on any atom is 0.490 e. The van der Waals surface area contributed by atoms with Gasteiger partial charge in [-0.3, -0.25) is 4.52 Å². The second kappa shape index (κ2) is 9.60. The van der Waals surface area contributed by atoms with E-state index >= 15 is 0 Å². The van der Waals surface area contributed by atoms with Gasteiger partial charge in [0.05, 0.1) is 25.9 Å². The van der Waals surface area contributed by atoms with E-state index in [2.05, 4.69) is 13.1 Å². The van der Waals surface area contributed by atoms with E-state index in [0.29, 0.717) is 11.3 Å². The summed E-state index contributed by atoms with van der Waals surface area (Å²) in [5.41, 5.74) is 0.631. The molecule has 2 unspecified atom stereocenters. The van der Waals surface area contributed by atoms with Gasteiger partial charge in [-0.1, -0.05) is 24.3 Å². The third-order valence-corrected chi connectivity index (χ3v) is 8.29. The van der Waals surface area contributed by atoms with Crippen LogP contribution in [-0.4, -0.2) is 50.6 Å². The van der Waals surface area contributed by atoms with Crippen LogP contribution in [0.5, 0.6) is 5.75 Å². The van der Waals surface area contributed by atoms with Gasteiger partial charge in [-0.2, -0.15) is 8.62 Å². The summed E-state index contributed by atoms with van der Waals surface area (Å²) >= 11 is 0. The highest BCUT2D eigenvalue weighted by Crippen LogP contribution is 2.66. The third kappa shape index (κ3) is 6.68. The van der Waals surface area contributed by atoms with E-state index in [4.69, 9.17) is 19.3 Å². The van der Waals surface area contributed by atoms with Gasteiger partial charge in [0.1, 0.15) is 11.9 Å². The first kappa shape index (κ1) is 25.5. The number of aliphatic hydroxyl groups is 1. The van der Waals surface area contributed by atoms with Gasteiger partial charge in [0, 0.05) is 12.0 Å². The highest BCUT2D eigenvalue weighted by atomic mass is 31.3. The topological polar surface area (TPSA) is 199 Å². The van der Waals surface area contributed by atoms with Crippen molar-refractivity contribution < 1.29 is 61.0 Å². The first-order chi connectivity index (χ1) is 14.8. The third-order valence-electron chi connectivity index (χ3n) is 4.49. The lowest BCUT2D eigenvalue weighted by molar-refractivity contribution is -0.0225. The maximum atomic E-state index is 11.9. The molecule has 1 heterocycles. The average Bonchev–Trinajstić information content (AvgIpc) is 3.03. The Hall–Kier alpha value is -1.17. The number of ether oxygens (including phenoxy) is 2. The van der Waals surface area contributed by atoms with Crippen LogP contribution in [-0.2, 0) is 31.6 Å². The van der Waals surface area contributed by atoms with Gasteiger partial charge in [-0.05, 0) is 22.9 Å². The fourth-order valence-corrected chi connectivity index (χ4v) is 6.25.